The molecule has 0 saturated heterocycles. The van der Waals surface area contributed by atoms with Gasteiger partial charge in [-0.05, 0) is 48.2 Å². The van der Waals surface area contributed by atoms with E-state index in [9.17, 15) is 4.79 Å². The minimum Gasteiger partial charge on any atom is -0.399 e. The number of nitrogen functional groups attached to an aromatic ring is 1. The highest BCUT2D eigenvalue weighted by Gasteiger charge is 2.10. The lowest BCUT2D eigenvalue weighted by molar-refractivity contribution is -0.129. The second-order valence-corrected chi connectivity index (χ2v) is 5.59. The van der Waals surface area contributed by atoms with E-state index in [4.69, 9.17) is 5.73 Å². The summed E-state index contributed by atoms with van der Waals surface area (Å²) in [6.45, 7) is 4.72. The van der Waals surface area contributed by atoms with Gasteiger partial charge >= 0.3 is 0 Å². The third kappa shape index (κ3) is 4.09. The van der Waals surface area contributed by atoms with Crippen molar-refractivity contribution < 1.29 is 4.79 Å². The zero-order valence-electron chi connectivity index (χ0n) is 12.9. The molecule has 0 aliphatic heterocycles. The average Bonchev–Trinajstić information content (AvgIpc) is 2.43. The predicted molar refractivity (Wildman–Crippen MR) is 86.9 cm³/mol. The van der Waals surface area contributed by atoms with Gasteiger partial charge in [-0.25, -0.2) is 0 Å². The largest absolute Gasteiger partial charge is 0.399 e. The molecular weight excluding hydrogens is 260 g/mol. The maximum atomic E-state index is 12.3. The third-order valence-electron chi connectivity index (χ3n) is 3.72. The highest BCUT2D eigenvalue weighted by atomic mass is 16.2. The number of amides is 1. The van der Waals surface area contributed by atoms with E-state index in [1.807, 2.05) is 37.4 Å². The fourth-order valence-electron chi connectivity index (χ4n) is 2.28. The standard InChI is InChI=1S/C18H22N2O/c1-13-7-8-15(9-14(13)2)11-18(21)20(3)12-16-5-4-6-17(19)10-16/h4-10H,11-12,19H2,1-3H3. The van der Waals surface area contributed by atoms with Crippen LogP contribution >= 0.6 is 0 Å². The Morgan fingerprint density at radius 3 is 2.48 bits per heavy atom. The van der Waals surface area contributed by atoms with Crippen LogP contribution in [0.25, 0.3) is 0 Å². The van der Waals surface area contributed by atoms with E-state index in [2.05, 4.69) is 26.0 Å². The van der Waals surface area contributed by atoms with Crippen molar-refractivity contribution in [2.75, 3.05) is 12.8 Å². The molecule has 0 atom stereocenters. The molecule has 1 amide bonds. The van der Waals surface area contributed by atoms with Gasteiger partial charge in [-0.15, -0.1) is 0 Å². The molecule has 0 saturated carbocycles. The lowest BCUT2D eigenvalue weighted by Crippen LogP contribution is -2.27. The number of likely N-dealkylation sites (N-methyl/N-ethyl adjacent to an activating group) is 1. The van der Waals surface area contributed by atoms with Crippen molar-refractivity contribution in [2.45, 2.75) is 26.8 Å². The van der Waals surface area contributed by atoms with E-state index in [1.54, 1.807) is 4.90 Å². The first-order chi connectivity index (χ1) is 9.95. The zero-order chi connectivity index (χ0) is 15.4. The summed E-state index contributed by atoms with van der Waals surface area (Å²) in [5, 5.41) is 0. The Bertz CT molecular complexity index is 649. The zero-order valence-corrected chi connectivity index (χ0v) is 12.9. The van der Waals surface area contributed by atoms with Gasteiger partial charge in [0.1, 0.15) is 0 Å². The molecule has 21 heavy (non-hydrogen) atoms. The van der Waals surface area contributed by atoms with Crippen LogP contribution in [0.2, 0.25) is 0 Å². The monoisotopic (exact) mass is 282 g/mol. The third-order valence-corrected chi connectivity index (χ3v) is 3.72. The van der Waals surface area contributed by atoms with Crippen molar-refractivity contribution in [3.63, 3.8) is 0 Å². The Hall–Kier alpha value is -2.29. The summed E-state index contributed by atoms with van der Waals surface area (Å²) >= 11 is 0. The summed E-state index contributed by atoms with van der Waals surface area (Å²) in [5.74, 6) is 0.112. The lowest BCUT2D eigenvalue weighted by Gasteiger charge is -2.18. The number of benzene rings is 2. The SMILES string of the molecule is Cc1ccc(CC(=O)N(C)Cc2cccc(N)c2)cc1C. The topological polar surface area (TPSA) is 46.3 Å². The van der Waals surface area contributed by atoms with E-state index in [0.717, 1.165) is 16.8 Å². The van der Waals surface area contributed by atoms with Crippen LogP contribution < -0.4 is 5.73 Å². The van der Waals surface area contributed by atoms with Crippen molar-refractivity contribution in [3.8, 4) is 0 Å². The van der Waals surface area contributed by atoms with Crippen LogP contribution in [0.15, 0.2) is 42.5 Å². The first kappa shape index (κ1) is 15.1. The summed E-state index contributed by atoms with van der Waals surface area (Å²) in [7, 11) is 1.83. The molecule has 2 rings (SSSR count). The van der Waals surface area contributed by atoms with Crippen molar-refractivity contribution in [2.24, 2.45) is 0 Å². The van der Waals surface area contributed by atoms with Gasteiger partial charge in [-0.2, -0.15) is 0 Å². The number of nitrogens with zero attached hydrogens (tertiary/aromatic N) is 1. The Balaban J connectivity index is 2.00. The van der Waals surface area contributed by atoms with Crippen LogP contribution in [-0.4, -0.2) is 17.9 Å². The molecule has 110 valence electrons. The van der Waals surface area contributed by atoms with Crippen LogP contribution in [0.3, 0.4) is 0 Å². The van der Waals surface area contributed by atoms with Crippen molar-refractivity contribution in [1.29, 1.82) is 0 Å². The van der Waals surface area contributed by atoms with Gasteiger partial charge in [0.05, 0.1) is 6.42 Å². The Morgan fingerprint density at radius 2 is 1.81 bits per heavy atom. The molecule has 0 aliphatic rings. The normalized spacial score (nSPS) is 10.4. The number of hydrogen-bond donors (Lipinski definition) is 1. The lowest BCUT2D eigenvalue weighted by atomic mass is 10.0. The molecule has 3 nitrogen and oxygen atoms in total. The fraction of sp³-hybridized carbons (Fsp3) is 0.278. The summed E-state index contributed by atoms with van der Waals surface area (Å²) < 4.78 is 0. The van der Waals surface area contributed by atoms with Crippen LogP contribution in [0, 0.1) is 13.8 Å². The van der Waals surface area contributed by atoms with Gasteiger partial charge < -0.3 is 10.6 Å². The van der Waals surface area contributed by atoms with Crippen LogP contribution in [-0.2, 0) is 17.8 Å². The minimum atomic E-state index is 0.112. The van der Waals surface area contributed by atoms with Crippen molar-refractivity contribution >= 4 is 11.6 Å². The van der Waals surface area contributed by atoms with E-state index in [-0.39, 0.29) is 5.91 Å². The second kappa shape index (κ2) is 6.44. The van der Waals surface area contributed by atoms with Gasteiger partial charge in [-0.1, -0.05) is 30.3 Å². The molecule has 0 aromatic heterocycles. The van der Waals surface area contributed by atoms with E-state index < -0.39 is 0 Å². The maximum Gasteiger partial charge on any atom is 0.227 e. The smallest absolute Gasteiger partial charge is 0.227 e. The summed E-state index contributed by atoms with van der Waals surface area (Å²) in [4.78, 5) is 14.0. The van der Waals surface area contributed by atoms with E-state index in [1.165, 1.54) is 11.1 Å². The van der Waals surface area contributed by atoms with Gasteiger partial charge in [0.25, 0.3) is 0 Å². The number of nitrogens with two attached hydrogens (primary N) is 1. The van der Waals surface area contributed by atoms with Crippen molar-refractivity contribution in [1.82, 2.24) is 4.90 Å². The number of rotatable bonds is 4. The molecule has 0 heterocycles. The summed E-state index contributed by atoms with van der Waals surface area (Å²) in [6.07, 6.45) is 0.430. The molecule has 0 radical (unpaired) electrons. The molecule has 0 aliphatic carbocycles. The molecule has 0 unspecified atom stereocenters. The molecule has 0 spiro atoms. The number of aryl methyl sites for hydroxylation is 2. The first-order valence-corrected chi connectivity index (χ1v) is 7.10. The number of carbonyl (C=O) groups excluding carboxylic acids is 1. The van der Waals surface area contributed by atoms with Crippen LogP contribution in [0.5, 0.6) is 0 Å². The molecule has 2 aromatic carbocycles. The average molecular weight is 282 g/mol. The Morgan fingerprint density at radius 1 is 1.05 bits per heavy atom. The maximum absolute atomic E-state index is 12.3. The van der Waals surface area contributed by atoms with Crippen molar-refractivity contribution in [3.05, 3.63) is 64.7 Å². The molecule has 0 bridgehead atoms. The van der Waals surface area contributed by atoms with Gasteiger partial charge in [-0.3, -0.25) is 4.79 Å². The molecule has 3 heteroatoms. The molecule has 2 aromatic rings. The summed E-state index contributed by atoms with van der Waals surface area (Å²) in [6, 6.07) is 13.8. The van der Waals surface area contributed by atoms with Crippen LogP contribution in [0.4, 0.5) is 5.69 Å². The fourth-order valence-corrected chi connectivity index (χ4v) is 2.28. The highest BCUT2D eigenvalue weighted by Crippen LogP contribution is 2.13. The van der Waals surface area contributed by atoms with Gasteiger partial charge in [0.15, 0.2) is 0 Å². The minimum absolute atomic E-state index is 0.112. The van der Waals surface area contributed by atoms with Crippen LogP contribution in [0.1, 0.15) is 22.3 Å². The molecule has 0 fully saturated rings. The van der Waals surface area contributed by atoms with Gasteiger partial charge in [0.2, 0.25) is 5.91 Å². The first-order valence-electron chi connectivity index (χ1n) is 7.10. The quantitative estimate of drug-likeness (QED) is 0.876. The summed E-state index contributed by atoms with van der Waals surface area (Å²) in [5.41, 5.74) is 11.1. The predicted octanol–water partition coefficient (Wildman–Crippen LogP) is 3.09. The molecule has 2 N–H and O–H groups in total. The van der Waals surface area contributed by atoms with E-state index >= 15 is 0 Å². The Labute approximate surface area is 126 Å². The highest BCUT2D eigenvalue weighted by molar-refractivity contribution is 5.78. The second-order valence-electron chi connectivity index (χ2n) is 5.59. The number of anilines is 1. The van der Waals surface area contributed by atoms with E-state index in [0.29, 0.717) is 13.0 Å². The van der Waals surface area contributed by atoms with Gasteiger partial charge in [0, 0.05) is 19.3 Å². The number of carbonyl (C=O) groups is 1. The Kier molecular flexibility index (Phi) is 4.63. The molecular formula is C18H22N2O. The number of hydrogen-bond acceptors (Lipinski definition) is 2.